The summed E-state index contributed by atoms with van der Waals surface area (Å²) in [5, 5.41) is 6.68. The van der Waals surface area contributed by atoms with Crippen LogP contribution in [0.15, 0.2) is 78.9 Å². The number of hydrogen-bond acceptors (Lipinski definition) is 4. The highest BCUT2D eigenvalue weighted by Crippen LogP contribution is 2.59. The molecule has 0 aliphatic carbocycles. The molecule has 2 aliphatic rings. The number of para-hydroxylation sites is 1. The van der Waals surface area contributed by atoms with Crippen LogP contribution >= 0.6 is 0 Å². The van der Waals surface area contributed by atoms with E-state index in [1.807, 2.05) is 107 Å². The molecule has 5 rings (SSSR count). The van der Waals surface area contributed by atoms with E-state index in [2.05, 4.69) is 10.6 Å². The average molecular weight is 455 g/mol. The van der Waals surface area contributed by atoms with Gasteiger partial charge in [-0.25, -0.2) is 0 Å². The minimum atomic E-state index is -1.02. The minimum Gasteiger partial charge on any atom is -0.459 e. The van der Waals surface area contributed by atoms with Crippen LogP contribution in [0.25, 0.3) is 0 Å². The molecular formula is C29H30N2O3. The molecule has 1 amide bonds. The summed E-state index contributed by atoms with van der Waals surface area (Å²) >= 11 is 0. The fourth-order valence-electron chi connectivity index (χ4n) is 5.55. The van der Waals surface area contributed by atoms with Crippen molar-refractivity contribution in [3.63, 3.8) is 0 Å². The van der Waals surface area contributed by atoms with E-state index in [0.29, 0.717) is 0 Å². The number of nitrogens with one attached hydrogen (secondary N) is 2. The van der Waals surface area contributed by atoms with Gasteiger partial charge in [-0.15, -0.1) is 0 Å². The Labute approximate surface area is 200 Å². The second kappa shape index (κ2) is 8.10. The van der Waals surface area contributed by atoms with Gasteiger partial charge in [-0.1, -0.05) is 78.4 Å². The molecule has 5 heteroatoms. The third-order valence-corrected chi connectivity index (χ3v) is 6.85. The van der Waals surface area contributed by atoms with Crippen molar-refractivity contribution < 1.29 is 14.3 Å². The van der Waals surface area contributed by atoms with Gasteiger partial charge in [0.15, 0.2) is 0 Å². The molecule has 1 spiro atoms. The fraction of sp³-hybridized carbons (Fsp3) is 0.310. The Hall–Kier alpha value is -3.44. The molecule has 34 heavy (non-hydrogen) atoms. The number of fused-ring (bicyclic) bond motifs is 2. The van der Waals surface area contributed by atoms with E-state index < -0.39 is 29.0 Å². The van der Waals surface area contributed by atoms with Gasteiger partial charge in [-0.05, 0) is 50.5 Å². The van der Waals surface area contributed by atoms with E-state index in [1.165, 1.54) is 0 Å². The fourth-order valence-corrected chi connectivity index (χ4v) is 5.55. The highest BCUT2D eigenvalue weighted by Gasteiger charge is 2.66. The molecule has 1 fully saturated rings. The van der Waals surface area contributed by atoms with Crippen LogP contribution in [0.5, 0.6) is 0 Å². The van der Waals surface area contributed by atoms with Crippen molar-refractivity contribution in [2.75, 3.05) is 5.32 Å². The molecule has 2 heterocycles. The summed E-state index contributed by atoms with van der Waals surface area (Å²) in [7, 11) is 0. The molecule has 0 saturated carbocycles. The first-order chi connectivity index (χ1) is 16.2. The van der Waals surface area contributed by atoms with Crippen LogP contribution in [-0.4, -0.2) is 23.5 Å². The van der Waals surface area contributed by atoms with E-state index in [9.17, 15) is 9.59 Å². The molecule has 4 atom stereocenters. The Morgan fingerprint density at radius 1 is 0.882 bits per heavy atom. The average Bonchev–Trinajstić information content (AvgIpc) is 3.30. The zero-order valence-electron chi connectivity index (χ0n) is 20.0. The lowest BCUT2D eigenvalue weighted by Gasteiger charge is -2.35. The van der Waals surface area contributed by atoms with Gasteiger partial charge >= 0.3 is 5.97 Å². The number of anilines is 1. The Morgan fingerprint density at radius 2 is 1.53 bits per heavy atom. The van der Waals surface area contributed by atoms with Crippen LogP contribution in [-0.2, 0) is 19.7 Å². The van der Waals surface area contributed by atoms with Crippen LogP contribution in [0.2, 0.25) is 0 Å². The van der Waals surface area contributed by atoms with Crippen LogP contribution in [0.3, 0.4) is 0 Å². The van der Waals surface area contributed by atoms with E-state index in [1.54, 1.807) is 0 Å². The Kier molecular flexibility index (Phi) is 5.33. The SMILES string of the molecule is Cc1ccc([C@H]2N[C@H](C(=O)OC(C)(C)C)[C@@H](c3ccccc3)[C@@]23C(=O)Nc2ccccc23)cc1. The number of hydrogen-bond donors (Lipinski definition) is 2. The zero-order valence-corrected chi connectivity index (χ0v) is 20.0. The van der Waals surface area contributed by atoms with Crippen molar-refractivity contribution in [1.82, 2.24) is 5.32 Å². The standard InChI is InChI=1S/C29H30N2O3/c1-18-14-16-20(17-15-18)25-29(21-12-8-9-13-22(21)30-27(29)33)23(19-10-6-5-7-11-19)24(31-25)26(32)34-28(2,3)4/h5-17,23-25,31H,1-4H3,(H,30,33)/t23-,24+,25-,29-/m1/s1. The lowest BCUT2D eigenvalue weighted by molar-refractivity contribution is -0.157. The molecule has 0 radical (unpaired) electrons. The molecule has 2 N–H and O–H groups in total. The van der Waals surface area contributed by atoms with Crippen LogP contribution in [0.1, 0.15) is 55.0 Å². The number of amides is 1. The van der Waals surface area contributed by atoms with Crippen molar-refractivity contribution in [3.8, 4) is 0 Å². The van der Waals surface area contributed by atoms with Crippen molar-refractivity contribution in [2.24, 2.45) is 0 Å². The summed E-state index contributed by atoms with van der Waals surface area (Å²) in [5.74, 6) is -0.919. The van der Waals surface area contributed by atoms with Gasteiger partial charge in [0.25, 0.3) is 0 Å². The maximum Gasteiger partial charge on any atom is 0.324 e. The molecule has 0 aromatic heterocycles. The van der Waals surface area contributed by atoms with Gasteiger partial charge in [-0.2, -0.15) is 0 Å². The monoisotopic (exact) mass is 454 g/mol. The van der Waals surface area contributed by atoms with Gasteiger partial charge in [0.2, 0.25) is 5.91 Å². The molecule has 3 aromatic carbocycles. The predicted molar refractivity (Wildman–Crippen MR) is 133 cm³/mol. The largest absolute Gasteiger partial charge is 0.459 e. The summed E-state index contributed by atoms with van der Waals surface area (Å²) in [6, 6.07) is 24.7. The molecule has 1 saturated heterocycles. The van der Waals surface area contributed by atoms with Gasteiger partial charge in [0.1, 0.15) is 17.1 Å². The summed E-state index contributed by atoms with van der Waals surface area (Å²) in [5.41, 5.74) is 3.04. The van der Waals surface area contributed by atoms with E-state index >= 15 is 0 Å². The third kappa shape index (κ3) is 3.51. The van der Waals surface area contributed by atoms with Crippen molar-refractivity contribution in [1.29, 1.82) is 0 Å². The lowest BCUT2D eigenvalue weighted by Crippen LogP contribution is -2.44. The quantitative estimate of drug-likeness (QED) is 0.545. The smallest absolute Gasteiger partial charge is 0.324 e. The maximum atomic E-state index is 14.0. The van der Waals surface area contributed by atoms with Crippen LogP contribution < -0.4 is 10.6 Å². The molecule has 0 unspecified atom stereocenters. The van der Waals surface area contributed by atoms with Gasteiger partial charge < -0.3 is 10.1 Å². The topological polar surface area (TPSA) is 67.4 Å². The highest BCUT2D eigenvalue weighted by atomic mass is 16.6. The van der Waals surface area contributed by atoms with Crippen molar-refractivity contribution in [3.05, 3.63) is 101 Å². The number of benzene rings is 3. The normalized spacial score (nSPS) is 25.8. The molecule has 3 aromatic rings. The third-order valence-electron chi connectivity index (χ3n) is 6.85. The first kappa shape index (κ1) is 22.4. The Morgan fingerprint density at radius 3 is 2.21 bits per heavy atom. The Bertz CT molecular complexity index is 1230. The van der Waals surface area contributed by atoms with E-state index in [4.69, 9.17) is 4.74 Å². The number of carbonyl (C=O) groups excluding carboxylic acids is 2. The number of aryl methyl sites for hydroxylation is 1. The molecule has 5 nitrogen and oxygen atoms in total. The maximum absolute atomic E-state index is 14.0. The van der Waals surface area contributed by atoms with Gasteiger partial charge in [0, 0.05) is 11.6 Å². The van der Waals surface area contributed by atoms with Crippen LogP contribution in [0.4, 0.5) is 5.69 Å². The van der Waals surface area contributed by atoms with Crippen molar-refractivity contribution >= 4 is 17.6 Å². The lowest BCUT2D eigenvalue weighted by atomic mass is 9.63. The number of rotatable bonds is 3. The van der Waals surface area contributed by atoms with E-state index in [-0.39, 0.29) is 11.9 Å². The Balaban J connectivity index is 1.77. The second-order valence-corrected chi connectivity index (χ2v) is 10.3. The highest BCUT2D eigenvalue weighted by molar-refractivity contribution is 6.09. The molecule has 0 bridgehead atoms. The predicted octanol–water partition coefficient (Wildman–Crippen LogP) is 5.02. The van der Waals surface area contributed by atoms with Crippen molar-refractivity contribution in [2.45, 2.75) is 56.7 Å². The zero-order chi connectivity index (χ0) is 24.1. The molecule has 2 aliphatic heterocycles. The summed E-state index contributed by atoms with van der Waals surface area (Å²) < 4.78 is 5.87. The minimum absolute atomic E-state index is 0.105. The first-order valence-corrected chi connectivity index (χ1v) is 11.7. The van der Waals surface area contributed by atoms with Crippen LogP contribution in [0, 0.1) is 6.92 Å². The molecule has 174 valence electrons. The molecular weight excluding hydrogens is 424 g/mol. The number of esters is 1. The summed E-state index contributed by atoms with van der Waals surface area (Å²) in [4.78, 5) is 27.7. The summed E-state index contributed by atoms with van der Waals surface area (Å²) in [6.45, 7) is 7.63. The number of carbonyl (C=O) groups is 2. The van der Waals surface area contributed by atoms with Gasteiger partial charge in [0.05, 0.1) is 6.04 Å². The van der Waals surface area contributed by atoms with Gasteiger partial charge in [-0.3, -0.25) is 14.9 Å². The van der Waals surface area contributed by atoms with E-state index in [0.717, 1.165) is 27.9 Å². The first-order valence-electron chi connectivity index (χ1n) is 11.7. The summed E-state index contributed by atoms with van der Waals surface area (Å²) in [6.07, 6.45) is 0. The number of ether oxygens (including phenoxy) is 1. The second-order valence-electron chi connectivity index (χ2n) is 10.3.